The zero-order chi connectivity index (χ0) is 14.9. The van der Waals surface area contributed by atoms with Crippen LogP contribution in [0.5, 0.6) is 0 Å². The molecule has 1 saturated heterocycles. The number of rotatable bonds is 3. The Morgan fingerprint density at radius 1 is 1.40 bits per heavy atom. The summed E-state index contributed by atoms with van der Waals surface area (Å²) >= 11 is 6.01. The molecule has 0 saturated carbocycles. The molecule has 1 fully saturated rings. The Morgan fingerprint density at radius 2 is 2.10 bits per heavy atom. The van der Waals surface area contributed by atoms with Crippen LogP contribution in [0.15, 0.2) is 23.1 Å². The topological polar surface area (TPSA) is 74.7 Å². The van der Waals surface area contributed by atoms with Crippen LogP contribution in [0.1, 0.15) is 24.8 Å². The maximum atomic E-state index is 12.6. The lowest BCUT2D eigenvalue weighted by Gasteiger charge is -2.32. The lowest BCUT2D eigenvalue weighted by atomic mass is 10.1. The summed E-state index contributed by atoms with van der Waals surface area (Å²) in [5.74, 6) is -1.11. The average molecular weight is 318 g/mol. The third kappa shape index (κ3) is 2.82. The highest BCUT2D eigenvalue weighted by Gasteiger charge is 2.38. The first kappa shape index (κ1) is 15.3. The van der Waals surface area contributed by atoms with Crippen LogP contribution in [-0.2, 0) is 14.8 Å². The van der Waals surface area contributed by atoms with E-state index in [0.29, 0.717) is 19.3 Å². The summed E-state index contributed by atoms with van der Waals surface area (Å²) < 4.78 is 26.3. The monoisotopic (exact) mass is 317 g/mol. The second-order valence-electron chi connectivity index (χ2n) is 4.90. The number of benzene rings is 1. The highest BCUT2D eigenvalue weighted by Crippen LogP contribution is 2.30. The first-order chi connectivity index (χ1) is 9.34. The maximum absolute atomic E-state index is 12.6. The van der Waals surface area contributed by atoms with Crippen LogP contribution in [0.2, 0.25) is 5.02 Å². The van der Waals surface area contributed by atoms with E-state index in [9.17, 15) is 18.3 Å². The van der Waals surface area contributed by atoms with Gasteiger partial charge >= 0.3 is 5.97 Å². The third-order valence-electron chi connectivity index (χ3n) is 3.41. The predicted molar refractivity (Wildman–Crippen MR) is 75.4 cm³/mol. The Labute approximate surface area is 123 Å². The number of carboxylic acids is 1. The van der Waals surface area contributed by atoms with Crippen LogP contribution in [0.3, 0.4) is 0 Å². The Kier molecular flexibility index (Phi) is 4.36. The Hall–Kier alpha value is -1.11. The molecular formula is C13H16ClNO4S. The molecule has 2 rings (SSSR count). The molecule has 0 radical (unpaired) electrons. The summed E-state index contributed by atoms with van der Waals surface area (Å²) in [5, 5.41) is 9.32. The summed E-state index contributed by atoms with van der Waals surface area (Å²) in [6.45, 7) is 2.02. The van der Waals surface area contributed by atoms with Crippen molar-refractivity contribution in [1.29, 1.82) is 0 Å². The second kappa shape index (κ2) is 5.71. The molecule has 20 heavy (non-hydrogen) atoms. The van der Waals surface area contributed by atoms with Gasteiger partial charge in [0.15, 0.2) is 0 Å². The van der Waals surface area contributed by atoms with E-state index in [0.717, 1.165) is 9.87 Å². The normalized spacial score (nSPS) is 20.8. The van der Waals surface area contributed by atoms with Crippen molar-refractivity contribution in [2.24, 2.45) is 0 Å². The van der Waals surface area contributed by atoms with Gasteiger partial charge in [-0.1, -0.05) is 17.7 Å². The number of hydrogen-bond donors (Lipinski definition) is 1. The van der Waals surface area contributed by atoms with E-state index in [1.807, 2.05) is 6.92 Å². The van der Waals surface area contributed by atoms with Gasteiger partial charge in [0, 0.05) is 6.54 Å². The number of hydrogen-bond acceptors (Lipinski definition) is 3. The summed E-state index contributed by atoms with van der Waals surface area (Å²) in [5.41, 5.74) is 0.849. The van der Waals surface area contributed by atoms with Crippen LogP contribution < -0.4 is 0 Å². The fourth-order valence-corrected chi connectivity index (χ4v) is 4.61. The largest absolute Gasteiger partial charge is 0.480 e. The molecule has 0 bridgehead atoms. The standard InChI is InChI=1S/C13H16ClNO4S/c1-9-5-6-12(10(14)8-9)20(18,19)15-7-3-2-4-11(15)13(16)17/h5-6,8,11H,2-4,7H2,1H3,(H,16,17)/t11-/m1/s1. The van der Waals surface area contributed by atoms with Crippen LogP contribution in [0, 0.1) is 6.92 Å². The SMILES string of the molecule is Cc1ccc(S(=O)(=O)N2CCCC[C@@H]2C(=O)O)c(Cl)c1. The second-order valence-corrected chi connectivity index (χ2v) is 7.17. The minimum atomic E-state index is -3.88. The molecule has 0 amide bonds. The molecule has 1 aliphatic heterocycles. The lowest BCUT2D eigenvalue weighted by molar-refractivity contribution is -0.142. The van der Waals surface area contributed by atoms with Crippen molar-refractivity contribution in [3.8, 4) is 0 Å². The van der Waals surface area contributed by atoms with Crippen LogP contribution in [0.25, 0.3) is 0 Å². The zero-order valence-electron chi connectivity index (χ0n) is 11.0. The molecule has 0 unspecified atom stereocenters. The van der Waals surface area contributed by atoms with E-state index in [-0.39, 0.29) is 16.5 Å². The van der Waals surface area contributed by atoms with Crippen LogP contribution in [-0.4, -0.2) is 36.4 Å². The number of aryl methyl sites for hydroxylation is 1. The molecule has 0 spiro atoms. The smallest absolute Gasteiger partial charge is 0.322 e. The van der Waals surface area contributed by atoms with Crippen molar-refractivity contribution in [2.45, 2.75) is 37.1 Å². The van der Waals surface area contributed by atoms with Gasteiger partial charge in [-0.05, 0) is 43.9 Å². The number of carbonyl (C=O) groups is 1. The van der Waals surface area contributed by atoms with Gasteiger partial charge in [-0.25, -0.2) is 8.42 Å². The maximum Gasteiger partial charge on any atom is 0.322 e. The molecule has 7 heteroatoms. The van der Waals surface area contributed by atoms with Crippen molar-refractivity contribution in [3.05, 3.63) is 28.8 Å². The molecule has 1 heterocycles. The van der Waals surface area contributed by atoms with Gasteiger partial charge in [-0.2, -0.15) is 4.31 Å². The third-order valence-corrected chi connectivity index (χ3v) is 5.80. The Morgan fingerprint density at radius 3 is 2.70 bits per heavy atom. The first-order valence-electron chi connectivity index (χ1n) is 6.35. The number of sulfonamides is 1. The number of carboxylic acid groups (broad SMARTS) is 1. The molecule has 1 aromatic rings. The molecule has 1 atom stereocenters. The van der Waals surface area contributed by atoms with Crippen molar-refractivity contribution >= 4 is 27.6 Å². The molecule has 0 aliphatic carbocycles. The van der Waals surface area contributed by atoms with Crippen molar-refractivity contribution in [2.75, 3.05) is 6.54 Å². The van der Waals surface area contributed by atoms with Gasteiger partial charge < -0.3 is 5.11 Å². The van der Waals surface area contributed by atoms with E-state index in [1.54, 1.807) is 12.1 Å². The summed E-state index contributed by atoms with van der Waals surface area (Å²) in [6.07, 6.45) is 1.70. The molecule has 110 valence electrons. The van der Waals surface area contributed by atoms with E-state index in [1.165, 1.54) is 6.07 Å². The van der Waals surface area contributed by atoms with Gasteiger partial charge in [0.2, 0.25) is 10.0 Å². The number of nitrogens with zero attached hydrogens (tertiary/aromatic N) is 1. The minimum Gasteiger partial charge on any atom is -0.480 e. The zero-order valence-corrected chi connectivity index (χ0v) is 12.6. The van der Waals surface area contributed by atoms with E-state index in [2.05, 4.69) is 0 Å². The summed E-state index contributed by atoms with van der Waals surface area (Å²) in [6, 6.07) is 3.64. The van der Waals surface area contributed by atoms with Crippen molar-refractivity contribution in [3.63, 3.8) is 0 Å². The average Bonchev–Trinajstić information content (AvgIpc) is 2.38. The van der Waals surface area contributed by atoms with Gasteiger partial charge in [0.25, 0.3) is 0 Å². The van der Waals surface area contributed by atoms with E-state index < -0.39 is 22.0 Å². The van der Waals surface area contributed by atoms with Gasteiger partial charge in [0.1, 0.15) is 10.9 Å². The fourth-order valence-electron chi connectivity index (χ4n) is 2.38. The van der Waals surface area contributed by atoms with Gasteiger partial charge in [0.05, 0.1) is 5.02 Å². The summed E-state index contributed by atoms with van der Waals surface area (Å²) in [4.78, 5) is 11.2. The quantitative estimate of drug-likeness (QED) is 0.928. The predicted octanol–water partition coefficient (Wildman–Crippen LogP) is 2.28. The molecule has 0 aromatic heterocycles. The Bertz CT molecular complexity index is 629. The van der Waals surface area contributed by atoms with E-state index in [4.69, 9.17) is 11.6 Å². The number of halogens is 1. The summed E-state index contributed by atoms with van der Waals surface area (Å²) in [7, 11) is -3.88. The number of piperidine rings is 1. The fraction of sp³-hybridized carbons (Fsp3) is 0.462. The molecule has 1 aliphatic rings. The number of aliphatic carboxylic acids is 1. The van der Waals surface area contributed by atoms with Crippen LogP contribution >= 0.6 is 11.6 Å². The lowest BCUT2D eigenvalue weighted by Crippen LogP contribution is -2.47. The highest BCUT2D eigenvalue weighted by molar-refractivity contribution is 7.89. The van der Waals surface area contributed by atoms with Crippen LogP contribution in [0.4, 0.5) is 0 Å². The van der Waals surface area contributed by atoms with Crippen molar-refractivity contribution < 1.29 is 18.3 Å². The first-order valence-corrected chi connectivity index (χ1v) is 8.16. The van der Waals surface area contributed by atoms with Gasteiger partial charge in [-0.3, -0.25) is 4.79 Å². The molecule has 1 N–H and O–H groups in total. The Balaban J connectivity index is 2.45. The molecular weight excluding hydrogens is 302 g/mol. The molecule has 5 nitrogen and oxygen atoms in total. The van der Waals surface area contributed by atoms with Crippen molar-refractivity contribution in [1.82, 2.24) is 4.31 Å². The minimum absolute atomic E-state index is 0.0297. The van der Waals surface area contributed by atoms with E-state index >= 15 is 0 Å². The van der Waals surface area contributed by atoms with Gasteiger partial charge in [-0.15, -0.1) is 0 Å². The highest BCUT2D eigenvalue weighted by atomic mass is 35.5. The molecule has 1 aromatic carbocycles.